The lowest BCUT2D eigenvalue weighted by Crippen LogP contribution is -2.18. The molecule has 0 aliphatic heterocycles. The Labute approximate surface area is 127 Å². The molecule has 1 rings (SSSR count). The number of nitrogens with one attached hydrogen (secondary N) is 1. The summed E-state index contributed by atoms with van der Waals surface area (Å²) in [4.78, 5) is 22.7. The Morgan fingerprint density at radius 1 is 1.29 bits per heavy atom. The molecule has 1 aromatic rings. The second-order valence-corrected chi connectivity index (χ2v) is 4.96. The topological polar surface area (TPSA) is 55.4 Å². The van der Waals surface area contributed by atoms with E-state index in [0.29, 0.717) is 0 Å². The predicted octanol–water partition coefficient (Wildman–Crippen LogP) is 3.75. The van der Waals surface area contributed by atoms with Gasteiger partial charge in [-0.25, -0.2) is 0 Å². The Morgan fingerprint density at radius 2 is 1.95 bits per heavy atom. The molecule has 0 spiro atoms. The molecule has 0 radical (unpaired) electrons. The van der Waals surface area contributed by atoms with Crippen molar-refractivity contribution in [3.8, 4) is 0 Å². The third-order valence-electron chi connectivity index (χ3n) is 2.42. The molecule has 1 aromatic carbocycles. The molecule has 0 aromatic heterocycles. The summed E-state index contributed by atoms with van der Waals surface area (Å²) in [7, 11) is 0. The molecule has 0 aliphatic rings. The molecule has 0 atom stereocenters. The lowest BCUT2D eigenvalue weighted by molar-refractivity contribution is -0.144. The van der Waals surface area contributed by atoms with Crippen LogP contribution in [0.5, 0.6) is 0 Å². The van der Waals surface area contributed by atoms with Crippen molar-refractivity contribution in [3.05, 3.63) is 28.2 Å². The van der Waals surface area contributed by atoms with E-state index < -0.39 is 23.6 Å². The van der Waals surface area contributed by atoms with Crippen LogP contribution in [0, 0.1) is 0 Å². The average Bonchev–Trinajstić information content (AvgIpc) is 2.38. The molecule has 116 valence electrons. The first kappa shape index (κ1) is 17.5. The molecule has 8 heteroatoms. The van der Waals surface area contributed by atoms with Gasteiger partial charge in [0.15, 0.2) is 0 Å². The van der Waals surface area contributed by atoms with E-state index in [1.807, 2.05) is 0 Å². The highest BCUT2D eigenvalue weighted by molar-refractivity contribution is 9.10. The third-order valence-corrected chi connectivity index (χ3v) is 2.92. The average molecular weight is 368 g/mol. The minimum atomic E-state index is -4.59. The highest BCUT2D eigenvalue weighted by Crippen LogP contribution is 2.36. The van der Waals surface area contributed by atoms with Crippen LogP contribution >= 0.6 is 15.9 Å². The van der Waals surface area contributed by atoms with E-state index >= 15 is 0 Å². The smallest absolute Gasteiger partial charge is 0.418 e. The molecule has 0 bridgehead atoms. The van der Waals surface area contributed by atoms with Crippen LogP contribution in [0.1, 0.15) is 25.3 Å². The van der Waals surface area contributed by atoms with E-state index in [1.54, 1.807) is 6.92 Å². The van der Waals surface area contributed by atoms with Gasteiger partial charge in [0.05, 0.1) is 24.3 Å². The number of alkyl halides is 3. The molecule has 0 unspecified atom stereocenters. The lowest BCUT2D eigenvalue weighted by Gasteiger charge is -2.14. The number of amides is 1. The summed E-state index contributed by atoms with van der Waals surface area (Å²) >= 11 is 2.95. The van der Waals surface area contributed by atoms with Gasteiger partial charge in [0.1, 0.15) is 0 Å². The normalized spacial score (nSPS) is 11.1. The highest BCUT2D eigenvalue weighted by Gasteiger charge is 2.34. The lowest BCUT2D eigenvalue weighted by atomic mass is 10.1. The molecule has 0 saturated heterocycles. The maximum absolute atomic E-state index is 12.8. The van der Waals surface area contributed by atoms with E-state index in [1.165, 1.54) is 6.07 Å². The molecule has 0 heterocycles. The molecule has 1 amide bonds. The number of carbonyl (C=O) groups excluding carboxylic acids is 2. The second kappa shape index (κ2) is 7.44. The fraction of sp³-hybridized carbons (Fsp3) is 0.385. The van der Waals surface area contributed by atoms with Gasteiger partial charge >= 0.3 is 12.1 Å². The summed E-state index contributed by atoms with van der Waals surface area (Å²) < 4.78 is 43.4. The van der Waals surface area contributed by atoms with Gasteiger partial charge in [-0.15, -0.1) is 0 Å². The van der Waals surface area contributed by atoms with Crippen LogP contribution in [0.25, 0.3) is 0 Å². The number of benzene rings is 1. The van der Waals surface area contributed by atoms with Crippen LogP contribution in [0.3, 0.4) is 0 Å². The standard InChI is InChI=1S/C13H13BrF3NO3/c1-2-21-12(20)6-5-11(19)18-10-4-3-8(14)7-9(10)13(15,16)17/h3-4,7H,2,5-6H2,1H3,(H,18,19). The fourth-order valence-electron chi connectivity index (χ4n) is 1.52. The number of anilines is 1. The Kier molecular flexibility index (Phi) is 6.19. The van der Waals surface area contributed by atoms with Gasteiger partial charge in [-0.2, -0.15) is 13.2 Å². The first-order chi connectivity index (χ1) is 9.74. The Bertz CT molecular complexity index is 532. The van der Waals surface area contributed by atoms with Gasteiger partial charge in [-0.05, 0) is 25.1 Å². The van der Waals surface area contributed by atoms with Crippen molar-refractivity contribution in [3.63, 3.8) is 0 Å². The first-order valence-electron chi connectivity index (χ1n) is 6.06. The van der Waals surface area contributed by atoms with Gasteiger partial charge in [0.25, 0.3) is 0 Å². The van der Waals surface area contributed by atoms with E-state index in [0.717, 1.165) is 12.1 Å². The van der Waals surface area contributed by atoms with E-state index in [-0.39, 0.29) is 29.6 Å². The van der Waals surface area contributed by atoms with Crippen LogP contribution in [0.15, 0.2) is 22.7 Å². The summed E-state index contributed by atoms with van der Waals surface area (Å²) in [5.74, 6) is -1.25. The minimum absolute atomic E-state index is 0.183. The van der Waals surface area contributed by atoms with E-state index in [9.17, 15) is 22.8 Å². The van der Waals surface area contributed by atoms with Crippen LogP contribution in [-0.2, 0) is 20.5 Å². The van der Waals surface area contributed by atoms with Crippen molar-refractivity contribution in [1.29, 1.82) is 0 Å². The molecular formula is C13H13BrF3NO3. The maximum atomic E-state index is 12.8. The van der Waals surface area contributed by atoms with Crippen molar-refractivity contribution in [2.75, 3.05) is 11.9 Å². The van der Waals surface area contributed by atoms with Gasteiger partial charge in [-0.1, -0.05) is 15.9 Å². The van der Waals surface area contributed by atoms with Gasteiger partial charge in [0, 0.05) is 10.9 Å². The van der Waals surface area contributed by atoms with Crippen molar-refractivity contribution >= 4 is 33.5 Å². The molecular weight excluding hydrogens is 355 g/mol. The minimum Gasteiger partial charge on any atom is -0.466 e. The predicted molar refractivity (Wildman–Crippen MR) is 73.6 cm³/mol. The van der Waals surface area contributed by atoms with Gasteiger partial charge in [0.2, 0.25) is 5.91 Å². The van der Waals surface area contributed by atoms with Crippen molar-refractivity contribution < 1.29 is 27.5 Å². The Hall–Kier alpha value is -1.57. The largest absolute Gasteiger partial charge is 0.466 e. The molecule has 21 heavy (non-hydrogen) atoms. The number of carbonyl (C=O) groups is 2. The number of rotatable bonds is 5. The molecule has 1 N–H and O–H groups in total. The second-order valence-electron chi connectivity index (χ2n) is 4.04. The number of halogens is 4. The number of esters is 1. The zero-order valence-corrected chi connectivity index (χ0v) is 12.7. The quantitative estimate of drug-likeness (QED) is 0.806. The summed E-state index contributed by atoms with van der Waals surface area (Å²) in [5, 5.41) is 2.15. The summed E-state index contributed by atoms with van der Waals surface area (Å²) in [5.41, 5.74) is -1.30. The monoisotopic (exact) mass is 367 g/mol. The SMILES string of the molecule is CCOC(=O)CCC(=O)Nc1ccc(Br)cc1C(F)(F)F. The van der Waals surface area contributed by atoms with Crippen molar-refractivity contribution in [1.82, 2.24) is 0 Å². The summed E-state index contributed by atoms with van der Waals surface area (Å²) in [6.45, 7) is 1.81. The number of hydrogen-bond donors (Lipinski definition) is 1. The molecule has 0 fully saturated rings. The van der Waals surface area contributed by atoms with E-state index in [4.69, 9.17) is 0 Å². The molecule has 0 saturated carbocycles. The Morgan fingerprint density at radius 3 is 2.52 bits per heavy atom. The van der Waals surface area contributed by atoms with Crippen LogP contribution in [0.2, 0.25) is 0 Å². The first-order valence-corrected chi connectivity index (χ1v) is 6.85. The zero-order valence-electron chi connectivity index (χ0n) is 11.1. The van der Waals surface area contributed by atoms with Crippen molar-refractivity contribution in [2.45, 2.75) is 25.9 Å². The third kappa shape index (κ3) is 5.74. The Balaban J connectivity index is 2.74. The molecule has 0 aliphatic carbocycles. The van der Waals surface area contributed by atoms with E-state index in [2.05, 4.69) is 26.0 Å². The van der Waals surface area contributed by atoms with Crippen LogP contribution < -0.4 is 5.32 Å². The van der Waals surface area contributed by atoms with Crippen molar-refractivity contribution in [2.24, 2.45) is 0 Å². The van der Waals surface area contributed by atoms with Gasteiger partial charge < -0.3 is 10.1 Å². The highest BCUT2D eigenvalue weighted by atomic mass is 79.9. The summed E-state index contributed by atoms with van der Waals surface area (Å²) in [6, 6.07) is 3.41. The maximum Gasteiger partial charge on any atom is 0.418 e. The van der Waals surface area contributed by atoms with Crippen LogP contribution in [-0.4, -0.2) is 18.5 Å². The van der Waals surface area contributed by atoms with Crippen LogP contribution in [0.4, 0.5) is 18.9 Å². The molecule has 4 nitrogen and oxygen atoms in total. The number of hydrogen-bond acceptors (Lipinski definition) is 3. The summed E-state index contributed by atoms with van der Waals surface area (Å²) in [6.07, 6.45) is -5.02. The zero-order chi connectivity index (χ0) is 16.0. The fourth-order valence-corrected chi connectivity index (χ4v) is 1.88. The number of ether oxygens (including phenoxy) is 1. The van der Waals surface area contributed by atoms with Gasteiger partial charge in [-0.3, -0.25) is 9.59 Å².